The van der Waals surface area contributed by atoms with Crippen LogP contribution in [0.5, 0.6) is 0 Å². The minimum atomic E-state index is -0.425. The molecule has 0 radical (unpaired) electrons. The van der Waals surface area contributed by atoms with E-state index in [1.807, 2.05) is 44.4 Å². The minimum absolute atomic E-state index is 0.291. The van der Waals surface area contributed by atoms with E-state index < -0.39 is 6.23 Å². The molecule has 2 saturated heterocycles. The highest BCUT2D eigenvalue weighted by atomic mass is 32.1. The van der Waals surface area contributed by atoms with E-state index in [9.17, 15) is 5.11 Å². The number of benzene rings is 1. The number of thiazole rings is 1. The highest BCUT2D eigenvalue weighted by Crippen LogP contribution is 2.36. The zero-order chi connectivity index (χ0) is 22.1. The zero-order valence-corrected chi connectivity index (χ0v) is 19.4. The molecule has 32 heavy (non-hydrogen) atoms. The summed E-state index contributed by atoms with van der Waals surface area (Å²) in [6.45, 7) is 2.65. The zero-order valence-electron chi connectivity index (χ0n) is 18.6. The molecule has 170 valence electrons. The van der Waals surface area contributed by atoms with Gasteiger partial charge in [0.1, 0.15) is 12.0 Å². The molecule has 2 bridgehead atoms. The number of para-hydroxylation sites is 1. The molecule has 0 spiro atoms. The maximum absolute atomic E-state index is 10.7. The van der Waals surface area contributed by atoms with Gasteiger partial charge in [-0.15, -0.1) is 11.3 Å². The molecule has 5 rings (SSSR count). The summed E-state index contributed by atoms with van der Waals surface area (Å²) in [7, 11) is 1.89. The van der Waals surface area contributed by atoms with Gasteiger partial charge in [-0.25, -0.2) is 9.97 Å². The van der Waals surface area contributed by atoms with E-state index in [0.29, 0.717) is 30.6 Å². The van der Waals surface area contributed by atoms with Crippen LogP contribution in [0.3, 0.4) is 0 Å². The van der Waals surface area contributed by atoms with Gasteiger partial charge in [0.2, 0.25) is 5.95 Å². The number of likely N-dealkylation sites (N-methyl/N-ethyl adjacent to an activating group) is 1. The molecule has 2 unspecified atom stereocenters. The normalized spacial score (nSPS) is 24.4. The van der Waals surface area contributed by atoms with Crippen LogP contribution in [0.2, 0.25) is 0 Å². The summed E-state index contributed by atoms with van der Waals surface area (Å²) in [4.78, 5) is 17.6. The van der Waals surface area contributed by atoms with E-state index in [2.05, 4.69) is 25.8 Å². The molecule has 2 aliphatic heterocycles. The Labute approximate surface area is 192 Å². The molecule has 9 heteroatoms. The van der Waals surface area contributed by atoms with Gasteiger partial charge in [0.15, 0.2) is 5.13 Å². The van der Waals surface area contributed by atoms with Crippen LogP contribution in [-0.4, -0.2) is 62.9 Å². The van der Waals surface area contributed by atoms with Gasteiger partial charge in [-0.2, -0.15) is 4.98 Å². The summed E-state index contributed by atoms with van der Waals surface area (Å²) in [5.74, 6) is 1.42. The Morgan fingerprint density at radius 3 is 2.69 bits per heavy atom. The fourth-order valence-electron chi connectivity index (χ4n) is 5.24. The lowest BCUT2D eigenvalue weighted by Gasteiger charge is -2.50. The van der Waals surface area contributed by atoms with Gasteiger partial charge < -0.3 is 21.1 Å². The summed E-state index contributed by atoms with van der Waals surface area (Å²) >= 11 is 1.61. The van der Waals surface area contributed by atoms with Gasteiger partial charge in [-0.05, 0) is 51.8 Å². The van der Waals surface area contributed by atoms with Crippen LogP contribution in [0.25, 0.3) is 10.9 Å². The van der Waals surface area contributed by atoms with Gasteiger partial charge in [0, 0.05) is 41.1 Å². The fraction of sp³-hybridized carbons (Fsp3) is 0.522. The molecule has 0 aliphatic carbocycles. The van der Waals surface area contributed by atoms with Gasteiger partial charge in [0.05, 0.1) is 5.52 Å². The lowest BCUT2D eigenvalue weighted by molar-refractivity contribution is -0.0918. The summed E-state index contributed by atoms with van der Waals surface area (Å²) in [6.07, 6.45) is 6.91. The number of rotatable bonds is 7. The highest BCUT2D eigenvalue weighted by molar-refractivity contribution is 7.15. The standard InChI is InChI=1S/C23H31N7OS/c1-14-12-25-23(32-14)29-21-18-8-3-4-9-19(18)27-22(28-21)26-15-10-16-6-5-7-17(11-15)30(16)20(31)13-24-2/h3-4,8-9,12,15-17,20,24,31H,5-7,10-11,13H2,1-2H3,(H2,25,26,27,28,29)/t15?,16-,17+,20?. The average Bonchev–Trinajstić information content (AvgIpc) is 3.18. The van der Waals surface area contributed by atoms with Crippen LogP contribution in [0.4, 0.5) is 16.9 Å². The van der Waals surface area contributed by atoms with Crippen LogP contribution in [-0.2, 0) is 0 Å². The van der Waals surface area contributed by atoms with E-state index >= 15 is 0 Å². The Kier molecular flexibility index (Phi) is 6.23. The second-order valence-electron chi connectivity index (χ2n) is 8.85. The van der Waals surface area contributed by atoms with Crippen molar-refractivity contribution in [2.24, 2.45) is 0 Å². The largest absolute Gasteiger partial charge is 0.377 e. The summed E-state index contributed by atoms with van der Waals surface area (Å²) in [6, 6.07) is 9.13. The number of aromatic nitrogens is 3. The van der Waals surface area contributed by atoms with E-state index in [4.69, 9.17) is 9.97 Å². The summed E-state index contributed by atoms with van der Waals surface area (Å²) in [5.41, 5.74) is 0.905. The number of nitrogens with zero attached hydrogens (tertiary/aromatic N) is 4. The van der Waals surface area contributed by atoms with Gasteiger partial charge in [-0.3, -0.25) is 4.90 Å². The topological polar surface area (TPSA) is 98.2 Å². The molecule has 0 amide bonds. The monoisotopic (exact) mass is 453 g/mol. The Hall–Kier alpha value is -2.33. The number of hydrogen-bond donors (Lipinski definition) is 4. The molecule has 2 fully saturated rings. The number of piperidine rings is 2. The van der Waals surface area contributed by atoms with Gasteiger partial charge >= 0.3 is 0 Å². The Morgan fingerprint density at radius 2 is 1.97 bits per heavy atom. The second-order valence-corrected chi connectivity index (χ2v) is 10.1. The lowest BCUT2D eigenvalue weighted by Crippen LogP contribution is -2.60. The van der Waals surface area contributed by atoms with Crippen molar-refractivity contribution in [1.29, 1.82) is 0 Å². The molecule has 4 N–H and O–H groups in total. The van der Waals surface area contributed by atoms with Gasteiger partial charge in [-0.1, -0.05) is 18.6 Å². The number of aliphatic hydroxyl groups is 1. The number of anilines is 3. The van der Waals surface area contributed by atoms with Crippen molar-refractivity contribution in [3.05, 3.63) is 35.3 Å². The lowest BCUT2D eigenvalue weighted by atomic mass is 9.81. The maximum atomic E-state index is 10.7. The summed E-state index contributed by atoms with van der Waals surface area (Å²) in [5, 5.41) is 22.6. The van der Waals surface area contributed by atoms with Crippen LogP contribution in [0.1, 0.15) is 37.0 Å². The predicted molar refractivity (Wildman–Crippen MR) is 130 cm³/mol. The number of nitrogens with one attached hydrogen (secondary N) is 3. The smallest absolute Gasteiger partial charge is 0.225 e. The third kappa shape index (κ3) is 4.43. The SMILES string of the molecule is CNCC(O)N1[C@@H]2CCC[C@H]1CC(Nc1nc(Nc3ncc(C)s3)c3ccccc3n1)C2. The fourth-order valence-corrected chi connectivity index (χ4v) is 5.91. The van der Waals surface area contributed by atoms with E-state index in [1.54, 1.807) is 11.3 Å². The first-order chi connectivity index (χ1) is 15.6. The maximum Gasteiger partial charge on any atom is 0.225 e. The van der Waals surface area contributed by atoms with Crippen molar-refractivity contribution in [3.63, 3.8) is 0 Å². The molecular weight excluding hydrogens is 422 g/mol. The minimum Gasteiger partial charge on any atom is -0.377 e. The molecule has 3 aromatic rings. The molecule has 8 nitrogen and oxygen atoms in total. The Balaban J connectivity index is 1.37. The Morgan fingerprint density at radius 1 is 1.19 bits per heavy atom. The second kappa shape index (κ2) is 9.27. The quantitative estimate of drug-likeness (QED) is 0.432. The number of aryl methyl sites for hydroxylation is 1. The van der Waals surface area contributed by atoms with Crippen LogP contribution in [0.15, 0.2) is 30.5 Å². The molecule has 0 saturated carbocycles. The molecule has 1 aromatic carbocycles. The highest BCUT2D eigenvalue weighted by Gasteiger charge is 2.41. The predicted octanol–water partition coefficient (Wildman–Crippen LogP) is 3.47. The van der Waals surface area contributed by atoms with Crippen molar-refractivity contribution < 1.29 is 5.11 Å². The van der Waals surface area contributed by atoms with Crippen LogP contribution < -0.4 is 16.0 Å². The third-order valence-electron chi connectivity index (χ3n) is 6.55. The molecular formula is C23H31N7OS. The molecule has 4 heterocycles. The third-order valence-corrected chi connectivity index (χ3v) is 7.37. The first-order valence-electron chi connectivity index (χ1n) is 11.4. The van der Waals surface area contributed by atoms with Crippen molar-refractivity contribution in [1.82, 2.24) is 25.2 Å². The average molecular weight is 454 g/mol. The van der Waals surface area contributed by atoms with Crippen molar-refractivity contribution in [2.45, 2.75) is 63.4 Å². The number of hydrogen-bond acceptors (Lipinski definition) is 9. The Bertz CT molecular complexity index is 1060. The first kappa shape index (κ1) is 21.5. The van der Waals surface area contributed by atoms with Crippen LogP contribution >= 0.6 is 11.3 Å². The number of aliphatic hydroxyl groups excluding tert-OH is 1. The number of fused-ring (bicyclic) bond motifs is 3. The van der Waals surface area contributed by atoms with Crippen molar-refractivity contribution in [3.8, 4) is 0 Å². The van der Waals surface area contributed by atoms with E-state index in [0.717, 1.165) is 52.4 Å². The first-order valence-corrected chi connectivity index (χ1v) is 12.2. The molecule has 2 aliphatic rings. The van der Waals surface area contributed by atoms with Crippen LogP contribution in [0, 0.1) is 6.92 Å². The van der Waals surface area contributed by atoms with Crippen molar-refractivity contribution in [2.75, 3.05) is 24.2 Å². The van der Waals surface area contributed by atoms with Crippen molar-refractivity contribution >= 4 is 39.1 Å². The molecule has 4 atom stereocenters. The molecule has 2 aromatic heterocycles. The summed E-state index contributed by atoms with van der Waals surface area (Å²) < 4.78 is 0. The van der Waals surface area contributed by atoms with E-state index in [-0.39, 0.29) is 0 Å². The van der Waals surface area contributed by atoms with E-state index in [1.165, 1.54) is 6.42 Å². The van der Waals surface area contributed by atoms with Gasteiger partial charge in [0.25, 0.3) is 0 Å².